The Bertz CT molecular complexity index is 660. The lowest BCUT2D eigenvalue weighted by molar-refractivity contribution is -0.144. The van der Waals surface area contributed by atoms with Gasteiger partial charge in [-0.05, 0) is 51.0 Å². The summed E-state index contributed by atoms with van der Waals surface area (Å²) >= 11 is 0. The highest BCUT2D eigenvalue weighted by molar-refractivity contribution is 6.39. The normalized spacial score (nSPS) is 12.8. The van der Waals surface area contributed by atoms with Crippen molar-refractivity contribution in [3.63, 3.8) is 0 Å². The number of aryl methyl sites for hydroxylation is 1. The summed E-state index contributed by atoms with van der Waals surface area (Å²) in [6, 6.07) is 4.82. The Balaban J connectivity index is 2.80. The van der Waals surface area contributed by atoms with Crippen LogP contribution in [0.1, 0.15) is 43.1 Å². The smallest absolute Gasteiger partial charge is 0.313 e. The number of nitrogens with zero attached hydrogens (tertiary/aromatic N) is 1. The molecule has 0 radical (unpaired) electrons. The molecule has 7 heteroatoms. The van der Waals surface area contributed by atoms with Gasteiger partial charge >= 0.3 is 11.8 Å². The highest BCUT2D eigenvalue weighted by Crippen LogP contribution is 2.17. The molecule has 0 aromatic heterocycles. The summed E-state index contributed by atoms with van der Waals surface area (Å²) in [4.78, 5) is 37.9. The fourth-order valence-corrected chi connectivity index (χ4v) is 2.24. The van der Waals surface area contributed by atoms with Gasteiger partial charge in [-0.25, -0.2) is 0 Å². The zero-order chi connectivity index (χ0) is 19.9. The Kier molecular flexibility index (Phi) is 8.25. The molecule has 7 nitrogen and oxygen atoms in total. The number of amides is 3. The minimum Gasteiger partial charge on any atom is -0.383 e. The molecule has 1 rings (SSSR count). The van der Waals surface area contributed by atoms with Gasteiger partial charge in [0.1, 0.15) is 0 Å². The van der Waals surface area contributed by atoms with Gasteiger partial charge in [0.2, 0.25) is 0 Å². The number of methoxy groups -OCH3 is 1. The first-order valence-electron chi connectivity index (χ1n) is 8.69. The summed E-state index contributed by atoms with van der Waals surface area (Å²) in [5.74, 6) is -1.53. The van der Waals surface area contributed by atoms with Crippen molar-refractivity contribution in [1.82, 2.24) is 10.2 Å². The summed E-state index contributed by atoms with van der Waals surface area (Å²) in [5, 5.41) is 5.50. The number of nitrogens with one attached hydrogen (secondary N) is 2. The van der Waals surface area contributed by atoms with Gasteiger partial charge in [0.25, 0.3) is 5.91 Å². The van der Waals surface area contributed by atoms with Crippen molar-refractivity contribution in [3.8, 4) is 0 Å². The van der Waals surface area contributed by atoms with Gasteiger partial charge in [-0.1, -0.05) is 6.92 Å². The van der Waals surface area contributed by atoms with Gasteiger partial charge in [-0.2, -0.15) is 0 Å². The molecule has 1 aromatic rings. The SMILES string of the molecule is CCC(C)NC(=O)c1ccc(NC(=O)C(=O)N(C)C(C)COC)c(C)c1. The minimum atomic E-state index is -0.727. The summed E-state index contributed by atoms with van der Waals surface area (Å²) in [7, 11) is 3.10. The Morgan fingerprint density at radius 2 is 1.88 bits per heavy atom. The maximum Gasteiger partial charge on any atom is 0.313 e. The fourth-order valence-electron chi connectivity index (χ4n) is 2.24. The quantitative estimate of drug-likeness (QED) is 0.725. The van der Waals surface area contributed by atoms with Crippen molar-refractivity contribution < 1.29 is 19.1 Å². The molecule has 0 aliphatic heterocycles. The van der Waals surface area contributed by atoms with Crippen LogP contribution >= 0.6 is 0 Å². The van der Waals surface area contributed by atoms with Crippen molar-refractivity contribution in [2.45, 2.75) is 46.2 Å². The van der Waals surface area contributed by atoms with E-state index in [0.29, 0.717) is 23.4 Å². The van der Waals surface area contributed by atoms with Gasteiger partial charge in [-0.15, -0.1) is 0 Å². The molecule has 2 N–H and O–H groups in total. The van der Waals surface area contributed by atoms with E-state index < -0.39 is 11.8 Å². The van der Waals surface area contributed by atoms with Gasteiger partial charge < -0.3 is 20.3 Å². The van der Waals surface area contributed by atoms with Crippen molar-refractivity contribution in [1.29, 1.82) is 0 Å². The van der Waals surface area contributed by atoms with E-state index in [1.165, 1.54) is 12.0 Å². The standard InChI is InChI=1S/C19H29N3O4/c1-7-13(3)20-17(23)15-8-9-16(12(2)10-15)21-18(24)19(25)22(5)14(4)11-26-6/h8-10,13-14H,7,11H2,1-6H3,(H,20,23)(H,21,24). The zero-order valence-electron chi connectivity index (χ0n) is 16.4. The van der Waals surface area contributed by atoms with Crippen molar-refractivity contribution in [2.24, 2.45) is 0 Å². The third-order valence-electron chi connectivity index (χ3n) is 4.31. The van der Waals surface area contributed by atoms with Crippen LogP contribution in [0.5, 0.6) is 0 Å². The van der Waals surface area contributed by atoms with E-state index >= 15 is 0 Å². The first-order chi connectivity index (χ1) is 12.2. The largest absolute Gasteiger partial charge is 0.383 e. The molecular formula is C19H29N3O4. The average molecular weight is 363 g/mol. The number of carbonyl (C=O) groups excluding carboxylic acids is 3. The number of hydrogen-bond acceptors (Lipinski definition) is 4. The molecule has 1 aromatic carbocycles. The highest BCUT2D eigenvalue weighted by atomic mass is 16.5. The first-order valence-corrected chi connectivity index (χ1v) is 8.69. The summed E-state index contributed by atoms with van der Waals surface area (Å²) in [6.45, 7) is 7.85. The molecule has 0 heterocycles. The van der Waals surface area contributed by atoms with Crippen LogP contribution in [0.2, 0.25) is 0 Å². The topological polar surface area (TPSA) is 87.7 Å². The number of benzene rings is 1. The molecule has 26 heavy (non-hydrogen) atoms. The Hall–Kier alpha value is -2.41. The van der Waals surface area contributed by atoms with E-state index in [1.54, 1.807) is 39.1 Å². The number of likely N-dealkylation sites (N-methyl/N-ethyl adjacent to an activating group) is 1. The summed E-state index contributed by atoms with van der Waals surface area (Å²) in [6.07, 6.45) is 0.843. The lowest BCUT2D eigenvalue weighted by Gasteiger charge is -2.23. The number of anilines is 1. The van der Waals surface area contributed by atoms with Gasteiger partial charge in [0.05, 0.1) is 12.6 Å². The van der Waals surface area contributed by atoms with Crippen LogP contribution in [0.3, 0.4) is 0 Å². The van der Waals surface area contributed by atoms with Gasteiger partial charge in [0, 0.05) is 31.5 Å². The number of rotatable bonds is 7. The van der Waals surface area contributed by atoms with Crippen LogP contribution in [-0.2, 0) is 14.3 Å². The van der Waals surface area contributed by atoms with E-state index in [2.05, 4.69) is 10.6 Å². The second kappa shape index (κ2) is 9.91. The first kappa shape index (κ1) is 21.6. The van der Waals surface area contributed by atoms with Crippen LogP contribution in [-0.4, -0.2) is 55.5 Å². The molecule has 0 bridgehead atoms. The van der Waals surface area contributed by atoms with E-state index in [9.17, 15) is 14.4 Å². The lowest BCUT2D eigenvalue weighted by atomic mass is 10.1. The van der Waals surface area contributed by atoms with Crippen LogP contribution in [0.4, 0.5) is 5.69 Å². The molecular weight excluding hydrogens is 334 g/mol. The molecule has 0 fully saturated rings. The maximum atomic E-state index is 12.2. The average Bonchev–Trinajstić information content (AvgIpc) is 2.61. The van der Waals surface area contributed by atoms with E-state index in [0.717, 1.165) is 6.42 Å². The monoisotopic (exact) mass is 363 g/mol. The fraction of sp³-hybridized carbons (Fsp3) is 0.526. The van der Waals surface area contributed by atoms with Crippen LogP contribution in [0.25, 0.3) is 0 Å². The van der Waals surface area contributed by atoms with E-state index in [1.807, 2.05) is 13.8 Å². The molecule has 2 atom stereocenters. The molecule has 0 saturated heterocycles. The molecule has 2 unspecified atom stereocenters. The second-order valence-corrected chi connectivity index (χ2v) is 6.49. The molecule has 3 amide bonds. The minimum absolute atomic E-state index is 0.0874. The number of carbonyl (C=O) groups is 3. The number of hydrogen-bond donors (Lipinski definition) is 2. The van der Waals surface area contributed by atoms with Gasteiger partial charge in [-0.3, -0.25) is 14.4 Å². The predicted octanol–water partition coefficient (Wildman–Crippen LogP) is 1.96. The Labute approximate surface area is 155 Å². The lowest BCUT2D eigenvalue weighted by Crippen LogP contribution is -2.43. The molecule has 0 aliphatic carbocycles. The van der Waals surface area contributed by atoms with Crippen molar-refractivity contribution in [2.75, 3.05) is 26.1 Å². The highest BCUT2D eigenvalue weighted by Gasteiger charge is 2.23. The predicted molar refractivity (Wildman–Crippen MR) is 101 cm³/mol. The summed E-state index contributed by atoms with van der Waals surface area (Å²) < 4.78 is 5.00. The molecule has 0 saturated carbocycles. The number of ether oxygens (including phenoxy) is 1. The third kappa shape index (κ3) is 5.84. The van der Waals surface area contributed by atoms with Crippen molar-refractivity contribution >= 4 is 23.4 Å². The molecule has 0 aliphatic rings. The van der Waals surface area contributed by atoms with E-state index in [4.69, 9.17) is 4.74 Å². The van der Waals surface area contributed by atoms with Gasteiger partial charge in [0.15, 0.2) is 0 Å². The van der Waals surface area contributed by atoms with Crippen molar-refractivity contribution in [3.05, 3.63) is 29.3 Å². The zero-order valence-corrected chi connectivity index (χ0v) is 16.4. The maximum absolute atomic E-state index is 12.2. The third-order valence-corrected chi connectivity index (χ3v) is 4.31. The second-order valence-electron chi connectivity index (χ2n) is 6.49. The van der Waals surface area contributed by atoms with E-state index in [-0.39, 0.29) is 18.0 Å². The van der Waals surface area contributed by atoms with Crippen LogP contribution < -0.4 is 10.6 Å². The summed E-state index contributed by atoms with van der Waals surface area (Å²) in [5.41, 5.74) is 1.71. The van der Waals surface area contributed by atoms with Crippen LogP contribution in [0, 0.1) is 6.92 Å². The Morgan fingerprint density at radius 3 is 2.42 bits per heavy atom. The molecule has 144 valence electrons. The Morgan fingerprint density at radius 1 is 1.23 bits per heavy atom. The molecule has 0 spiro atoms. The van der Waals surface area contributed by atoms with Crippen LogP contribution in [0.15, 0.2) is 18.2 Å².